The van der Waals surface area contributed by atoms with Crippen LogP contribution in [0.3, 0.4) is 0 Å². The molecule has 0 aliphatic rings. The van der Waals surface area contributed by atoms with Crippen molar-refractivity contribution in [3.05, 3.63) is 57.5 Å². The maximum absolute atomic E-state index is 12.2. The highest BCUT2D eigenvalue weighted by Gasteiger charge is 2.17. The minimum atomic E-state index is -0.378. The van der Waals surface area contributed by atoms with Gasteiger partial charge in [-0.25, -0.2) is 4.98 Å². The highest BCUT2D eigenvalue weighted by molar-refractivity contribution is 7.26. The summed E-state index contributed by atoms with van der Waals surface area (Å²) in [5.41, 5.74) is 2.09. The van der Waals surface area contributed by atoms with Gasteiger partial charge in [0.2, 0.25) is 5.56 Å². The summed E-state index contributed by atoms with van der Waals surface area (Å²) < 4.78 is 0.545. The molecule has 0 atom stereocenters. The monoisotopic (exact) mass is 381 g/mol. The number of fused-ring (bicyclic) bond motifs is 3. The van der Waals surface area contributed by atoms with Gasteiger partial charge in [0.05, 0.1) is 16.1 Å². The number of rotatable bonds is 2. The lowest BCUT2D eigenvalue weighted by Crippen LogP contribution is -2.06. The molecule has 5 aromatic rings. The Labute approximate surface area is 153 Å². The van der Waals surface area contributed by atoms with Gasteiger partial charge in [0.15, 0.2) is 0 Å². The van der Waals surface area contributed by atoms with E-state index in [-0.39, 0.29) is 11.3 Å². The molecule has 5 aromatic heterocycles. The summed E-state index contributed by atoms with van der Waals surface area (Å²) in [5.74, 6) is -0.253. The van der Waals surface area contributed by atoms with Gasteiger partial charge in [-0.15, -0.1) is 34.0 Å². The molecule has 7 heteroatoms. The molecule has 0 spiro atoms. The van der Waals surface area contributed by atoms with Crippen molar-refractivity contribution in [3.8, 4) is 26.8 Å². The van der Waals surface area contributed by atoms with Crippen molar-refractivity contribution in [2.24, 2.45) is 0 Å². The van der Waals surface area contributed by atoms with E-state index in [1.807, 2.05) is 41.1 Å². The van der Waals surface area contributed by atoms with Crippen LogP contribution >= 0.6 is 34.0 Å². The zero-order valence-corrected chi connectivity index (χ0v) is 15.1. The molecule has 0 saturated heterocycles. The van der Waals surface area contributed by atoms with E-state index < -0.39 is 0 Å². The zero-order valence-electron chi connectivity index (χ0n) is 12.6. The second kappa shape index (κ2) is 5.52. The van der Waals surface area contributed by atoms with Crippen LogP contribution in [0, 0.1) is 0 Å². The minimum Gasteiger partial charge on any atom is -0.871 e. The molecule has 0 aliphatic carbocycles. The van der Waals surface area contributed by atoms with E-state index >= 15 is 0 Å². The van der Waals surface area contributed by atoms with E-state index in [9.17, 15) is 9.90 Å². The predicted molar refractivity (Wildman–Crippen MR) is 104 cm³/mol. The molecule has 0 amide bonds. The zero-order chi connectivity index (χ0) is 17.0. The van der Waals surface area contributed by atoms with E-state index in [2.05, 4.69) is 4.98 Å². The molecule has 4 nitrogen and oxygen atoms in total. The molecular weight excluding hydrogens is 372 g/mol. The van der Waals surface area contributed by atoms with Crippen LogP contribution in [0.2, 0.25) is 0 Å². The molecular formula is C18H9N2O2S3-. The van der Waals surface area contributed by atoms with Crippen LogP contribution in [0.1, 0.15) is 0 Å². The molecule has 0 saturated carbocycles. The summed E-state index contributed by atoms with van der Waals surface area (Å²) in [6, 6.07) is 11.2. The Balaban J connectivity index is 1.97. The Kier molecular flexibility index (Phi) is 3.27. The number of nitrogens with zero attached hydrogens (tertiary/aromatic N) is 1. The van der Waals surface area contributed by atoms with Gasteiger partial charge in [-0.3, -0.25) is 4.79 Å². The first kappa shape index (κ1) is 14.8. The third kappa shape index (κ3) is 2.31. The fourth-order valence-electron chi connectivity index (χ4n) is 2.91. The van der Waals surface area contributed by atoms with Crippen molar-refractivity contribution in [1.29, 1.82) is 0 Å². The molecule has 0 aliphatic heterocycles. The SMILES string of the molecule is O=c1cc([O-])c2sc3nc(-c4cccs4)cc(-c4cccs4)c3c2[nH]1. The summed E-state index contributed by atoms with van der Waals surface area (Å²) in [5, 5.41) is 17.1. The van der Waals surface area contributed by atoms with Crippen LogP contribution < -0.4 is 10.7 Å². The van der Waals surface area contributed by atoms with Gasteiger partial charge in [0.25, 0.3) is 0 Å². The Morgan fingerprint density at radius 3 is 2.52 bits per heavy atom. The number of nitrogens with one attached hydrogen (secondary N) is 1. The molecule has 25 heavy (non-hydrogen) atoms. The summed E-state index contributed by atoms with van der Waals surface area (Å²) in [6.07, 6.45) is 0. The summed E-state index contributed by atoms with van der Waals surface area (Å²) >= 11 is 4.59. The molecule has 0 bridgehead atoms. The normalized spacial score (nSPS) is 11.5. The topological polar surface area (TPSA) is 68.8 Å². The summed E-state index contributed by atoms with van der Waals surface area (Å²) in [6.45, 7) is 0. The first-order chi connectivity index (χ1) is 12.2. The highest BCUT2D eigenvalue weighted by Crippen LogP contribution is 2.43. The number of hydrogen-bond donors (Lipinski definition) is 1. The van der Waals surface area contributed by atoms with Crippen LogP contribution in [0.25, 0.3) is 41.4 Å². The second-order valence-electron chi connectivity index (χ2n) is 5.49. The van der Waals surface area contributed by atoms with Crippen molar-refractivity contribution < 1.29 is 5.11 Å². The number of H-pyrrole nitrogens is 1. The van der Waals surface area contributed by atoms with Gasteiger partial charge < -0.3 is 10.1 Å². The van der Waals surface area contributed by atoms with Gasteiger partial charge in [-0.1, -0.05) is 17.9 Å². The van der Waals surface area contributed by atoms with Gasteiger partial charge >= 0.3 is 0 Å². The average Bonchev–Trinajstić information content (AvgIpc) is 3.34. The largest absolute Gasteiger partial charge is 0.871 e. The van der Waals surface area contributed by atoms with Crippen LogP contribution in [0.5, 0.6) is 5.75 Å². The van der Waals surface area contributed by atoms with Crippen molar-refractivity contribution in [2.45, 2.75) is 0 Å². The van der Waals surface area contributed by atoms with Crippen LogP contribution in [-0.2, 0) is 0 Å². The lowest BCUT2D eigenvalue weighted by Gasteiger charge is -2.06. The fraction of sp³-hybridized carbons (Fsp3) is 0. The number of pyridine rings is 2. The molecule has 0 aromatic carbocycles. The number of hydrogen-bond acceptors (Lipinski definition) is 6. The average molecular weight is 381 g/mol. The molecule has 122 valence electrons. The van der Waals surface area contributed by atoms with Gasteiger partial charge in [-0.2, -0.15) is 0 Å². The lowest BCUT2D eigenvalue weighted by atomic mass is 10.1. The molecule has 0 unspecified atom stereocenters. The van der Waals surface area contributed by atoms with E-state index in [1.54, 1.807) is 22.7 Å². The highest BCUT2D eigenvalue weighted by atomic mass is 32.1. The first-order valence-electron chi connectivity index (χ1n) is 7.46. The Hall–Kier alpha value is -2.48. The number of aromatic nitrogens is 2. The number of aromatic amines is 1. The van der Waals surface area contributed by atoms with Crippen LogP contribution in [-0.4, -0.2) is 9.97 Å². The van der Waals surface area contributed by atoms with E-state index in [0.29, 0.717) is 10.2 Å². The van der Waals surface area contributed by atoms with Gasteiger partial charge in [0, 0.05) is 20.5 Å². The molecule has 0 radical (unpaired) electrons. The third-order valence-electron chi connectivity index (χ3n) is 3.96. The van der Waals surface area contributed by atoms with E-state index in [1.165, 1.54) is 11.3 Å². The molecule has 5 heterocycles. The Bertz CT molecular complexity index is 1270. The third-order valence-corrected chi connectivity index (χ3v) is 6.85. The van der Waals surface area contributed by atoms with E-state index in [4.69, 9.17) is 4.98 Å². The van der Waals surface area contributed by atoms with Crippen LogP contribution in [0.4, 0.5) is 0 Å². The first-order valence-corrected chi connectivity index (χ1v) is 10.0. The summed E-state index contributed by atoms with van der Waals surface area (Å²) in [4.78, 5) is 22.4. The van der Waals surface area contributed by atoms with Gasteiger partial charge in [0.1, 0.15) is 4.83 Å². The van der Waals surface area contributed by atoms with Crippen molar-refractivity contribution >= 4 is 54.4 Å². The standard InChI is InChI=1S/C18H10N2O2S3/c21-11-8-14(22)20-16-15-9(12-3-1-5-23-12)7-10(13-4-2-6-24-13)19-18(15)25-17(11)16/h1-8H,(H2,20,21,22)/p-1. The number of thiophene rings is 3. The van der Waals surface area contributed by atoms with Gasteiger partial charge in [-0.05, 0) is 35.0 Å². The van der Waals surface area contributed by atoms with Crippen LogP contribution in [0.15, 0.2) is 52.0 Å². The maximum Gasteiger partial charge on any atom is 0.247 e. The predicted octanol–water partition coefficient (Wildman–Crippen LogP) is 4.67. The van der Waals surface area contributed by atoms with Crippen molar-refractivity contribution in [3.63, 3.8) is 0 Å². The smallest absolute Gasteiger partial charge is 0.247 e. The quantitative estimate of drug-likeness (QED) is 0.483. The minimum absolute atomic E-state index is 0.253. The Morgan fingerprint density at radius 1 is 1.04 bits per heavy atom. The molecule has 5 rings (SSSR count). The van der Waals surface area contributed by atoms with Crippen molar-refractivity contribution in [2.75, 3.05) is 0 Å². The molecule has 0 fully saturated rings. The summed E-state index contributed by atoms with van der Waals surface area (Å²) in [7, 11) is 0. The maximum atomic E-state index is 12.2. The van der Waals surface area contributed by atoms with Crippen molar-refractivity contribution in [1.82, 2.24) is 9.97 Å². The lowest BCUT2D eigenvalue weighted by molar-refractivity contribution is -0.265. The fourth-order valence-corrected chi connectivity index (χ4v) is 5.41. The second-order valence-corrected chi connectivity index (χ2v) is 8.39. The molecule has 1 N–H and O–H groups in total. The van der Waals surface area contributed by atoms with E-state index in [0.717, 1.165) is 37.3 Å². The Morgan fingerprint density at radius 2 is 1.80 bits per heavy atom.